The van der Waals surface area contributed by atoms with Crippen LogP contribution in [0.25, 0.3) is 20.9 Å². The Balaban J connectivity index is 1.91. The van der Waals surface area contributed by atoms with Crippen molar-refractivity contribution in [3.8, 4) is 10.8 Å². The molecule has 3 aromatic rings. The third-order valence-electron chi connectivity index (χ3n) is 3.37. The Morgan fingerprint density at radius 2 is 2.27 bits per heavy atom. The molecule has 1 unspecified atom stereocenters. The maximum atomic E-state index is 10.8. The summed E-state index contributed by atoms with van der Waals surface area (Å²) in [6.07, 6.45) is 0.677. The Labute approximate surface area is 130 Å². The Bertz CT molecular complexity index is 826. The van der Waals surface area contributed by atoms with Crippen molar-refractivity contribution >= 4 is 27.1 Å². The molecule has 0 bridgehead atoms. The van der Waals surface area contributed by atoms with Crippen molar-refractivity contribution in [1.29, 1.82) is 0 Å². The highest BCUT2D eigenvalue weighted by atomic mass is 32.1. The number of likely N-dealkylation sites (N-methyl/N-ethyl adjacent to an activating group) is 1. The van der Waals surface area contributed by atoms with Gasteiger partial charge < -0.3 is 9.84 Å². The summed E-state index contributed by atoms with van der Waals surface area (Å²) in [4.78, 5) is 15.6. The van der Waals surface area contributed by atoms with E-state index in [0.29, 0.717) is 18.1 Å². The van der Waals surface area contributed by atoms with E-state index in [1.807, 2.05) is 20.0 Å². The van der Waals surface area contributed by atoms with E-state index in [2.05, 4.69) is 15.5 Å². The second kappa shape index (κ2) is 5.82. The number of fused-ring (bicyclic) bond motifs is 1. The lowest BCUT2D eigenvalue weighted by molar-refractivity contribution is -0.384. The maximum absolute atomic E-state index is 10.8. The lowest BCUT2D eigenvalue weighted by Gasteiger charge is -2.04. The van der Waals surface area contributed by atoms with Gasteiger partial charge in [-0.2, -0.15) is 4.98 Å². The molecule has 0 amide bonds. The van der Waals surface area contributed by atoms with E-state index in [1.54, 1.807) is 12.1 Å². The molecule has 1 N–H and O–H groups in total. The SMILES string of the molecule is CNC(C)Cc1noc(-c2cc3cc([N+](=O)[O-])ccc3s2)n1. The molecule has 0 fully saturated rings. The first-order valence-electron chi connectivity index (χ1n) is 6.75. The Morgan fingerprint density at radius 1 is 1.45 bits per heavy atom. The van der Waals surface area contributed by atoms with Gasteiger partial charge in [-0.1, -0.05) is 5.16 Å². The number of hydrogen-bond acceptors (Lipinski definition) is 7. The molecule has 8 heteroatoms. The van der Waals surface area contributed by atoms with E-state index in [-0.39, 0.29) is 11.7 Å². The number of non-ortho nitro benzene ring substituents is 1. The van der Waals surface area contributed by atoms with Crippen LogP contribution in [0.15, 0.2) is 28.8 Å². The number of benzene rings is 1. The molecule has 0 saturated carbocycles. The minimum absolute atomic E-state index is 0.0749. The molecule has 22 heavy (non-hydrogen) atoms. The van der Waals surface area contributed by atoms with Gasteiger partial charge in [0, 0.05) is 34.7 Å². The first-order chi connectivity index (χ1) is 10.6. The molecule has 2 heterocycles. The zero-order chi connectivity index (χ0) is 15.7. The van der Waals surface area contributed by atoms with Crippen LogP contribution in [0.5, 0.6) is 0 Å². The van der Waals surface area contributed by atoms with Gasteiger partial charge in [0.25, 0.3) is 11.6 Å². The molecular formula is C14H14N4O3S. The van der Waals surface area contributed by atoms with Crippen molar-refractivity contribution in [2.45, 2.75) is 19.4 Å². The van der Waals surface area contributed by atoms with Crippen molar-refractivity contribution in [3.63, 3.8) is 0 Å². The number of nitrogens with one attached hydrogen (secondary N) is 1. The Hall–Kier alpha value is -2.32. The van der Waals surface area contributed by atoms with Crippen molar-refractivity contribution in [3.05, 3.63) is 40.2 Å². The minimum Gasteiger partial charge on any atom is -0.333 e. The monoisotopic (exact) mass is 318 g/mol. The smallest absolute Gasteiger partial charge is 0.270 e. The summed E-state index contributed by atoms with van der Waals surface area (Å²) in [6.45, 7) is 2.04. The van der Waals surface area contributed by atoms with Crippen LogP contribution in [-0.2, 0) is 6.42 Å². The van der Waals surface area contributed by atoms with Gasteiger partial charge in [0.15, 0.2) is 5.82 Å². The van der Waals surface area contributed by atoms with Crippen LogP contribution < -0.4 is 5.32 Å². The van der Waals surface area contributed by atoms with E-state index >= 15 is 0 Å². The van der Waals surface area contributed by atoms with E-state index in [0.717, 1.165) is 15.0 Å². The molecule has 0 spiro atoms. The molecule has 1 atom stereocenters. The number of nitro groups is 1. The average Bonchev–Trinajstić information content (AvgIpc) is 3.12. The summed E-state index contributed by atoms with van der Waals surface area (Å²) in [7, 11) is 1.88. The molecular weight excluding hydrogens is 304 g/mol. The number of nitrogens with zero attached hydrogens (tertiary/aromatic N) is 3. The number of hydrogen-bond donors (Lipinski definition) is 1. The van der Waals surface area contributed by atoms with Crippen LogP contribution in [0.3, 0.4) is 0 Å². The Kier molecular flexibility index (Phi) is 3.86. The Morgan fingerprint density at radius 3 is 3.00 bits per heavy atom. The third-order valence-corrected chi connectivity index (χ3v) is 4.48. The summed E-state index contributed by atoms with van der Waals surface area (Å²) < 4.78 is 6.24. The fraction of sp³-hybridized carbons (Fsp3) is 0.286. The normalized spacial score (nSPS) is 12.6. The van der Waals surface area contributed by atoms with Crippen LogP contribution in [0, 0.1) is 10.1 Å². The maximum Gasteiger partial charge on any atom is 0.270 e. The molecule has 1 aromatic carbocycles. The fourth-order valence-corrected chi connectivity index (χ4v) is 3.03. The van der Waals surface area contributed by atoms with E-state index in [4.69, 9.17) is 4.52 Å². The molecule has 114 valence electrons. The first kappa shape index (κ1) is 14.6. The fourth-order valence-electron chi connectivity index (χ4n) is 2.06. The molecule has 7 nitrogen and oxygen atoms in total. The summed E-state index contributed by atoms with van der Waals surface area (Å²) in [5.74, 6) is 1.09. The summed E-state index contributed by atoms with van der Waals surface area (Å²) in [5, 5.41) is 18.7. The van der Waals surface area contributed by atoms with Gasteiger partial charge in [0.05, 0.1) is 9.80 Å². The van der Waals surface area contributed by atoms with Crippen molar-refractivity contribution in [2.75, 3.05) is 7.05 Å². The van der Waals surface area contributed by atoms with Gasteiger partial charge in [-0.05, 0) is 26.1 Å². The molecule has 0 saturated heterocycles. The number of thiophene rings is 1. The van der Waals surface area contributed by atoms with Crippen LogP contribution in [0.1, 0.15) is 12.7 Å². The number of aromatic nitrogens is 2. The number of nitro benzene ring substituents is 1. The zero-order valence-corrected chi connectivity index (χ0v) is 12.9. The van der Waals surface area contributed by atoms with Gasteiger partial charge in [-0.15, -0.1) is 11.3 Å². The highest BCUT2D eigenvalue weighted by molar-refractivity contribution is 7.22. The standard InChI is InChI=1S/C14H14N4O3S/c1-8(15-2)5-13-16-14(21-17-13)12-7-9-6-10(18(19)20)3-4-11(9)22-12/h3-4,6-8,15H,5H2,1-2H3. The largest absolute Gasteiger partial charge is 0.333 e. The topological polar surface area (TPSA) is 94.1 Å². The van der Waals surface area contributed by atoms with Crippen LogP contribution in [-0.4, -0.2) is 28.2 Å². The van der Waals surface area contributed by atoms with Gasteiger partial charge >= 0.3 is 0 Å². The average molecular weight is 318 g/mol. The van der Waals surface area contributed by atoms with Crippen molar-refractivity contribution < 1.29 is 9.45 Å². The molecule has 0 aliphatic heterocycles. The summed E-state index contributed by atoms with van der Waals surface area (Å²) >= 11 is 1.47. The van der Waals surface area contributed by atoms with Crippen LogP contribution in [0.2, 0.25) is 0 Å². The van der Waals surface area contributed by atoms with Gasteiger partial charge in [0.2, 0.25) is 0 Å². The van der Waals surface area contributed by atoms with E-state index < -0.39 is 4.92 Å². The summed E-state index contributed by atoms with van der Waals surface area (Å²) in [6, 6.07) is 6.88. The van der Waals surface area contributed by atoms with Gasteiger partial charge in [-0.25, -0.2) is 0 Å². The predicted octanol–water partition coefficient (Wildman–Crippen LogP) is 3.01. The van der Waals surface area contributed by atoms with Crippen molar-refractivity contribution in [1.82, 2.24) is 15.5 Å². The number of rotatable bonds is 5. The van der Waals surface area contributed by atoms with Crippen molar-refractivity contribution in [2.24, 2.45) is 0 Å². The third kappa shape index (κ3) is 2.83. The molecule has 0 radical (unpaired) electrons. The lowest BCUT2D eigenvalue weighted by atomic mass is 10.2. The lowest BCUT2D eigenvalue weighted by Crippen LogP contribution is -2.24. The molecule has 3 rings (SSSR count). The second-order valence-electron chi connectivity index (χ2n) is 5.00. The predicted molar refractivity (Wildman–Crippen MR) is 84.0 cm³/mol. The molecule has 0 aliphatic rings. The zero-order valence-electron chi connectivity index (χ0n) is 12.1. The van der Waals surface area contributed by atoms with E-state index in [9.17, 15) is 10.1 Å². The minimum atomic E-state index is -0.402. The highest BCUT2D eigenvalue weighted by Gasteiger charge is 2.15. The molecule has 0 aliphatic carbocycles. The van der Waals surface area contributed by atoms with Gasteiger partial charge in [0.1, 0.15) is 0 Å². The highest BCUT2D eigenvalue weighted by Crippen LogP contribution is 2.34. The van der Waals surface area contributed by atoms with E-state index in [1.165, 1.54) is 17.4 Å². The van der Waals surface area contributed by atoms with Crippen LogP contribution >= 0.6 is 11.3 Å². The summed E-state index contributed by atoms with van der Waals surface area (Å²) in [5.41, 5.74) is 0.0749. The van der Waals surface area contributed by atoms with Gasteiger partial charge in [-0.3, -0.25) is 10.1 Å². The second-order valence-corrected chi connectivity index (χ2v) is 6.08. The van der Waals surface area contributed by atoms with Crippen LogP contribution in [0.4, 0.5) is 5.69 Å². The first-order valence-corrected chi connectivity index (χ1v) is 7.56. The quantitative estimate of drug-likeness (QED) is 0.574. The molecule has 2 aromatic heterocycles.